The molecule has 0 saturated heterocycles. The molecule has 142 valence electrons. The van der Waals surface area contributed by atoms with Gasteiger partial charge in [0, 0.05) is 18.8 Å². The molecule has 2 aromatic heterocycles. The van der Waals surface area contributed by atoms with Crippen LogP contribution in [0.5, 0.6) is 5.75 Å². The van der Waals surface area contributed by atoms with Crippen molar-refractivity contribution in [3.05, 3.63) is 53.0 Å². The second kappa shape index (κ2) is 8.30. The Morgan fingerprint density at radius 3 is 2.85 bits per heavy atom. The summed E-state index contributed by atoms with van der Waals surface area (Å²) < 4.78 is 21.1. The molecule has 1 atom stereocenters. The van der Waals surface area contributed by atoms with E-state index in [0.29, 0.717) is 17.0 Å². The van der Waals surface area contributed by atoms with E-state index in [1.54, 1.807) is 36.0 Å². The Kier molecular flexibility index (Phi) is 5.85. The minimum atomic E-state index is -0.415. The van der Waals surface area contributed by atoms with Gasteiger partial charge in [-0.1, -0.05) is 19.1 Å². The Balaban J connectivity index is 1.64. The van der Waals surface area contributed by atoms with Crippen LogP contribution in [0.1, 0.15) is 28.7 Å². The molecule has 0 aliphatic heterocycles. The van der Waals surface area contributed by atoms with Crippen molar-refractivity contribution in [1.29, 1.82) is 0 Å². The van der Waals surface area contributed by atoms with Crippen molar-refractivity contribution in [3.8, 4) is 16.3 Å². The molecular formula is C19H21FN4O2S. The number of ether oxygens (including phenoxy) is 1. The Bertz CT molecular complexity index is 937. The average Bonchev–Trinajstić information content (AvgIpc) is 3.25. The molecular weight excluding hydrogens is 367 g/mol. The highest BCUT2D eigenvalue weighted by molar-refractivity contribution is 7.17. The van der Waals surface area contributed by atoms with Crippen LogP contribution < -0.4 is 10.1 Å². The zero-order valence-electron chi connectivity index (χ0n) is 15.4. The van der Waals surface area contributed by atoms with E-state index in [9.17, 15) is 9.18 Å². The fourth-order valence-corrected chi connectivity index (χ4v) is 3.50. The van der Waals surface area contributed by atoms with Crippen LogP contribution >= 0.6 is 11.3 Å². The first-order chi connectivity index (χ1) is 13.0. The molecule has 2 heterocycles. The highest BCUT2D eigenvalue weighted by Crippen LogP contribution is 2.27. The van der Waals surface area contributed by atoms with Crippen LogP contribution in [0.2, 0.25) is 0 Å². The number of thiazole rings is 1. The molecule has 8 heteroatoms. The minimum Gasteiger partial charge on any atom is -0.486 e. The zero-order valence-corrected chi connectivity index (χ0v) is 16.2. The standard InChI is InChI=1S/C19H21FN4O2S/c1-4-14(26-16-8-6-5-7-15(16)20)10-21-18(25)17-12(2)23-19(27-17)13-9-22-24(3)11-13/h5-9,11,14H,4,10H2,1-3H3,(H,21,25)/t14-/m1/s1. The van der Waals surface area contributed by atoms with Crippen molar-refractivity contribution < 1.29 is 13.9 Å². The number of para-hydroxylation sites is 1. The second-order valence-electron chi connectivity index (χ2n) is 6.12. The Morgan fingerprint density at radius 2 is 2.19 bits per heavy atom. The summed E-state index contributed by atoms with van der Waals surface area (Å²) in [5.41, 5.74) is 1.54. The van der Waals surface area contributed by atoms with Crippen molar-refractivity contribution in [2.24, 2.45) is 7.05 Å². The predicted molar refractivity (Wildman–Crippen MR) is 102 cm³/mol. The van der Waals surface area contributed by atoms with Gasteiger partial charge in [0.15, 0.2) is 11.6 Å². The number of carbonyl (C=O) groups is 1. The third-order valence-electron chi connectivity index (χ3n) is 4.03. The Morgan fingerprint density at radius 1 is 1.41 bits per heavy atom. The number of hydrogen-bond donors (Lipinski definition) is 1. The van der Waals surface area contributed by atoms with E-state index in [1.807, 2.05) is 20.2 Å². The molecule has 0 spiro atoms. The molecule has 1 N–H and O–H groups in total. The minimum absolute atomic E-state index is 0.187. The molecule has 27 heavy (non-hydrogen) atoms. The van der Waals surface area contributed by atoms with Gasteiger partial charge < -0.3 is 10.1 Å². The smallest absolute Gasteiger partial charge is 0.263 e. The maximum absolute atomic E-state index is 13.7. The second-order valence-corrected chi connectivity index (χ2v) is 7.12. The molecule has 0 aliphatic carbocycles. The fraction of sp³-hybridized carbons (Fsp3) is 0.316. The number of nitrogens with one attached hydrogen (secondary N) is 1. The van der Waals surface area contributed by atoms with Crippen molar-refractivity contribution in [1.82, 2.24) is 20.1 Å². The van der Waals surface area contributed by atoms with Gasteiger partial charge in [0.25, 0.3) is 5.91 Å². The number of carbonyl (C=O) groups excluding carboxylic acids is 1. The summed E-state index contributed by atoms with van der Waals surface area (Å²) >= 11 is 1.32. The molecule has 6 nitrogen and oxygen atoms in total. The summed E-state index contributed by atoms with van der Waals surface area (Å²) in [5.74, 6) is -0.441. The van der Waals surface area contributed by atoms with Crippen LogP contribution in [0.15, 0.2) is 36.7 Å². The summed E-state index contributed by atoms with van der Waals surface area (Å²) in [5, 5.41) is 7.74. The van der Waals surface area contributed by atoms with E-state index >= 15 is 0 Å². The van der Waals surface area contributed by atoms with Gasteiger partial charge in [0.05, 0.1) is 18.4 Å². The van der Waals surface area contributed by atoms with Gasteiger partial charge in [-0.05, 0) is 25.5 Å². The highest BCUT2D eigenvalue weighted by atomic mass is 32.1. The van der Waals surface area contributed by atoms with Crippen molar-refractivity contribution in [2.45, 2.75) is 26.4 Å². The molecule has 0 aliphatic rings. The summed E-state index contributed by atoms with van der Waals surface area (Å²) in [7, 11) is 1.83. The lowest BCUT2D eigenvalue weighted by Gasteiger charge is -2.18. The first-order valence-corrected chi connectivity index (χ1v) is 9.45. The number of halogens is 1. The lowest BCUT2D eigenvalue weighted by Crippen LogP contribution is -2.35. The number of nitrogens with zero attached hydrogens (tertiary/aromatic N) is 3. The highest BCUT2D eigenvalue weighted by Gasteiger charge is 2.19. The molecule has 3 aromatic rings. The molecule has 0 radical (unpaired) electrons. The normalized spacial score (nSPS) is 12.0. The van der Waals surface area contributed by atoms with Crippen LogP contribution in [-0.4, -0.2) is 33.3 Å². The maximum Gasteiger partial charge on any atom is 0.263 e. The molecule has 0 fully saturated rings. The molecule has 0 saturated carbocycles. The number of hydrogen-bond acceptors (Lipinski definition) is 5. The van der Waals surface area contributed by atoms with E-state index in [-0.39, 0.29) is 24.3 Å². The topological polar surface area (TPSA) is 69.0 Å². The lowest BCUT2D eigenvalue weighted by molar-refractivity contribution is 0.0927. The van der Waals surface area contributed by atoms with Crippen molar-refractivity contribution >= 4 is 17.2 Å². The number of amides is 1. The summed E-state index contributed by atoms with van der Waals surface area (Å²) in [6, 6.07) is 6.25. The largest absolute Gasteiger partial charge is 0.486 e. The summed E-state index contributed by atoms with van der Waals surface area (Å²) in [4.78, 5) is 17.6. The molecule has 1 aromatic carbocycles. The monoisotopic (exact) mass is 388 g/mol. The van der Waals surface area contributed by atoms with Crippen LogP contribution in [0.25, 0.3) is 10.6 Å². The van der Waals surface area contributed by atoms with Gasteiger partial charge in [-0.3, -0.25) is 9.48 Å². The van der Waals surface area contributed by atoms with E-state index in [1.165, 1.54) is 17.4 Å². The van der Waals surface area contributed by atoms with Crippen molar-refractivity contribution in [2.75, 3.05) is 6.54 Å². The maximum atomic E-state index is 13.7. The first kappa shape index (κ1) is 19.0. The fourth-order valence-electron chi connectivity index (χ4n) is 2.54. The first-order valence-electron chi connectivity index (χ1n) is 8.63. The molecule has 3 rings (SSSR count). The van der Waals surface area contributed by atoms with E-state index in [0.717, 1.165) is 10.6 Å². The van der Waals surface area contributed by atoms with Gasteiger partial charge in [-0.25, -0.2) is 9.37 Å². The summed E-state index contributed by atoms with van der Waals surface area (Å²) in [6.45, 7) is 4.01. The Hall–Kier alpha value is -2.74. The van der Waals surface area contributed by atoms with Crippen LogP contribution in [0.4, 0.5) is 4.39 Å². The van der Waals surface area contributed by atoms with Gasteiger partial charge in [0.1, 0.15) is 16.0 Å². The molecule has 0 unspecified atom stereocenters. The quantitative estimate of drug-likeness (QED) is 0.672. The third kappa shape index (κ3) is 4.51. The number of aryl methyl sites for hydroxylation is 2. The Labute approximate surface area is 161 Å². The molecule has 1 amide bonds. The van der Waals surface area contributed by atoms with Crippen LogP contribution in [-0.2, 0) is 7.05 Å². The van der Waals surface area contributed by atoms with Gasteiger partial charge in [0.2, 0.25) is 0 Å². The van der Waals surface area contributed by atoms with Gasteiger partial charge in [-0.2, -0.15) is 5.10 Å². The van der Waals surface area contributed by atoms with E-state index < -0.39 is 5.82 Å². The predicted octanol–water partition coefficient (Wildman–Crippen LogP) is 3.58. The molecule has 0 bridgehead atoms. The zero-order chi connectivity index (χ0) is 19.4. The third-order valence-corrected chi connectivity index (χ3v) is 5.24. The van der Waals surface area contributed by atoms with Gasteiger partial charge in [-0.15, -0.1) is 11.3 Å². The van der Waals surface area contributed by atoms with Crippen molar-refractivity contribution in [3.63, 3.8) is 0 Å². The van der Waals surface area contributed by atoms with Crippen LogP contribution in [0, 0.1) is 12.7 Å². The van der Waals surface area contributed by atoms with E-state index in [2.05, 4.69) is 15.4 Å². The SMILES string of the molecule is CC[C@H](CNC(=O)c1sc(-c2cnn(C)c2)nc1C)Oc1ccccc1F. The average molecular weight is 388 g/mol. The number of rotatable bonds is 7. The lowest BCUT2D eigenvalue weighted by atomic mass is 10.2. The number of aromatic nitrogens is 3. The van der Waals surface area contributed by atoms with Crippen LogP contribution in [0.3, 0.4) is 0 Å². The summed E-state index contributed by atoms with van der Waals surface area (Å²) in [6.07, 6.45) is 3.89. The number of benzene rings is 1. The van der Waals surface area contributed by atoms with Gasteiger partial charge >= 0.3 is 0 Å². The van der Waals surface area contributed by atoms with E-state index in [4.69, 9.17) is 4.74 Å².